The molecule has 0 aromatic carbocycles. The van der Waals surface area contributed by atoms with Crippen LogP contribution in [-0.4, -0.2) is 32.1 Å². The van der Waals surface area contributed by atoms with Gasteiger partial charge in [0.25, 0.3) is 6.54 Å². The Morgan fingerprint density at radius 1 is 1.29 bits per heavy atom. The summed E-state index contributed by atoms with van der Waals surface area (Å²) in [6.45, 7) is -1.19. The van der Waals surface area contributed by atoms with Crippen molar-refractivity contribution in [3.8, 4) is 0 Å². The Labute approximate surface area is 91.8 Å². The fourth-order valence-electron chi connectivity index (χ4n) is 0.997. The molecule has 17 heavy (non-hydrogen) atoms. The van der Waals surface area contributed by atoms with Gasteiger partial charge < -0.3 is 10.6 Å². The lowest BCUT2D eigenvalue weighted by atomic mass is 10.3. The lowest BCUT2D eigenvalue weighted by molar-refractivity contribution is -0.968. The Kier molecular flexibility index (Phi) is 2.94. The van der Waals surface area contributed by atoms with Gasteiger partial charge in [0.2, 0.25) is 5.88 Å². The van der Waals surface area contributed by atoms with E-state index >= 15 is 0 Å². The van der Waals surface area contributed by atoms with E-state index in [-0.39, 0.29) is 5.88 Å². The number of hydrogen-bond acceptors (Lipinski definition) is 10. The molecule has 0 saturated carbocycles. The first kappa shape index (κ1) is 12.4. The minimum Gasteiger partial charge on any atom is -0.370 e. The molecule has 0 fully saturated rings. The number of rotatable bonds is 5. The summed E-state index contributed by atoms with van der Waals surface area (Å²) in [4.78, 5) is 31.2. The largest absolute Gasteiger partial charge is 0.719 e. The van der Waals surface area contributed by atoms with Crippen molar-refractivity contribution in [2.24, 2.45) is 5.73 Å². The maximum absolute atomic E-state index is 10.5. The van der Waals surface area contributed by atoms with E-state index in [1.807, 2.05) is 5.59 Å². The second-order valence-corrected chi connectivity index (χ2v) is 2.90. The van der Waals surface area contributed by atoms with E-state index in [1.54, 1.807) is 0 Å². The second kappa shape index (κ2) is 4.05. The standard InChI is InChI=1S/C4H6N6O7/c5-3-1-7(6-17-3)2-4(8(11)12,9(13)14)10(15)16/h1,6H,2,5H2. The van der Waals surface area contributed by atoms with Crippen LogP contribution in [0.1, 0.15) is 0 Å². The van der Waals surface area contributed by atoms with Gasteiger partial charge in [-0.1, -0.05) is 5.59 Å². The first-order valence-electron chi connectivity index (χ1n) is 3.90. The number of hydrazine groups is 1. The average molecular weight is 250 g/mol. The van der Waals surface area contributed by atoms with E-state index in [0.29, 0.717) is 5.01 Å². The number of nitrogens with one attached hydrogen (secondary N) is 1. The van der Waals surface area contributed by atoms with E-state index in [2.05, 4.69) is 4.84 Å². The minimum atomic E-state index is -3.60. The summed E-state index contributed by atoms with van der Waals surface area (Å²) in [5.41, 5.74) is 7.03. The van der Waals surface area contributed by atoms with Gasteiger partial charge in [0.15, 0.2) is 14.8 Å². The van der Waals surface area contributed by atoms with Crippen LogP contribution in [0, 0.1) is 30.3 Å². The van der Waals surface area contributed by atoms with Gasteiger partial charge >= 0.3 is 5.79 Å². The summed E-state index contributed by atoms with van der Waals surface area (Å²) >= 11 is 0. The fourth-order valence-corrected chi connectivity index (χ4v) is 0.997. The van der Waals surface area contributed by atoms with Crippen LogP contribution in [0.2, 0.25) is 0 Å². The highest BCUT2D eigenvalue weighted by molar-refractivity contribution is 4.89. The van der Waals surface area contributed by atoms with Crippen molar-refractivity contribution in [1.29, 1.82) is 0 Å². The molecule has 0 atom stereocenters. The predicted octanol–water partition coefficient (Wildman–Crippen LogP) is -2.02. The molecule has 94 valence electrons. The van der Waals surface area contributed by atoms with Crippen molar-refractivity contribution in [2.45, 2.75) is 5.79 Å². The molecule has 1 aliphatic heterocycles. The van der Waals surface area contributed by atoms with Crippen molar-refractivity contribution in [3.05, 3.63) is 42.4 Å². The lowest BCUT2D eigenvalue weighted by Crippen LogP contribution is -2.60. The normalized spacial score (nSPS) is 15.1. The molecule has 0 spiro atoms. The lowest BCUT2D eigenvalue weighted by Gasteiger charge is -2.14. The van der Waals surface area contributed by atoms with E-state index in [1.165, 1.54) is 0 Å². The molecule has 0 amide bonds. The second-order valence-electron chi connectivity index (χ2n) is 2.90. The van der Waals surface area contributed by atoms with Crippen molar-refractivity contribution < 1.29 is 19.6 Å². The number of nitrogens with zero attached hydrogens (tertiary/aromatic N) is 4. The fraction of sp³-hybridized carbons (Fsp3) is 0.500. The van der Waals surface area contributed by atoms with Gasteiger partial charge in [0, 0.05) is 0 Å². The van der Waals surface area contributed by atoms with Crippen molar-refractivity contribution in [3.63, 3.8) is 0 Å². The zero-order valence-electron chi connectivity index (χ0n) is 8.01. The molecule has 0 aromatic heterocycles. The molecule has 0 aliphatic carbocycles. The highest BCUT2D eigenvalue weighted by Gasteiger charge is 2.71. The van der Waals surface area contributed by atoms with Crippen molar-refractivity contribution in [2.75, 3.05) is 6.54 Å². The monoisotopic (exact) mass is 250 g/mol. The van der Waals surface area contributed by atoms with Crippen LogP contribution in [0.15, 0.2) is 12.1 Å². The SMILES string of the molecule is NC1=CN(CC([N+](=O)[O-])([N+](=O)[O-])[N+](=O)[O-])NO1. The third-order valence-corrected chi connectivity index (χ3v) is 1.82. The van der Waals surface area contributed by atoms with E-state index in [0.717, 1.165) is 6.20 Å². The molecular weight excluding hydrogens is 244 g/mol. The van der Waals surface area contributed by atoms with Crippen molar-refractivity contribution in [1.82, 2.24) is 10.6 Å². The number of nitro groups is 3. The zero-order valence-corrected chi connectivity index (χ0v) is 8.01. The molecule has 13 nitrogen and oxygen atoms in total. The Morgan fingerprint density at radius 3 is 2.06 bits per heavy atom. The van der Waals surface area contributed by atoms with Crippen LogP contribution in [-0.2, 0) is 4.84 Å². The molecule has 0 unspecified atom stereocenters. The molecule has 1 rings (SSSR count). The average Bonchev–Trinajstić information content (AvgIpc) is 2.58. The van der Waals surface area contributed by atoms with Gasteiger partial charge in [-0.25, -0.2) is 0 Å². The first-order chi connectivity index (χ1) is 7.80. The smallest absolute Gasteiger partial charge is 0.370 e. The van der Waals surface area contributed by atoms with Crippen LogP contribution in [0.5, 0.6) is 0 Å². The van der Waals surface area contributed by atoms with Gasteiger partial charge in [0.05, 0.1) is 6.20 Å². The van der Waals surface area contributed by atoms with Gasteiger partial charge in [-0.05, 0) is 0 Å². The maximum atomic E-state index is 10.5. The maximum Gasteiger partial charge on any atom is 0.719 e. The topological polar surface area (TPSA) is 180 Å². The van der Waals surface area contributed by atoms with E-state index in [9.17, 15) is 30.3 Å². The predicted molar refractivity (Wildman–Crippen MR) is 46.9 cm³/mol. The van der Waals surface area contributed by atoms with Gasteiger partial charge in [-0.3, -0.25) is 35.4 Å². The molecular formula is C4H6N6O7. The summed E-state index contributed by atoms with van der Waals surface area (Å²) in [6, 6.07) is 0. The minimum absolute atomic E-state index is 0.242. The summed E-state index contributed by atoms with van der Waals surface area (Å²) in [5, 5.41) is 32.3. The van der Waals surface area contributed by atoms with Gasteiger partial charge in [-0.2, -0.15) is 0 Å². The summed E-state index contributed by atoms with van der Waals surface area (Å²) in [6.07, 6.45) is 0.908. The summed E-state index contributed by atoms with van der Waals surface area (Å²) in [7, 11) is 0. The Morgan fingerprint density at radius 2 is 1.76 bits per heavy atom. The van der Waals surface area contributed by atoms with Crippen LogP contribution in [0.25, 0.3) is 0 Å². The molecule has 1 heterocycles. The third kappa shape index (κ3) is 1.98. The highest BCUT2D eigenvalue weighted by atomic mass is 16.7. The molecule has 0 bridgehead atoms. The molecule has 3 N–H and O–H groups in total. The Balaban J connectivity index is 3.03. The van der Waals surface area contributed by atoms with Crippen LogP contribution in [0.4, 0.5) is 0 Å². The van der Waals surface area contributed by atoms with E-state index in [4.69, 9.17) is 5.73 Å². The highest BCUT2D eigenvalue weighted by Crippen LogP contribution is 2.15. The quantitative estimate of drug-likeness (QED) is 0.314. The first-order valence-corrected chi connectivity index (χ1v) is 3.90. The molecule has 13 heteroatoms. The zero-order chi connectivity index (χ0) is 13.2. The van der Waals surface area contributed by atoms with Crippen LogP contribution < -0.4 is 11.3 Å². The van der Waals surface area contributed by atoms with Gasteiger partial charge in [-0.15, -0.1) is 0 Å². The van der Waals surface area contributed by atoms with Crippen LogP contribution in [0.3, 0.4) is 0 Å². The summed E-state index contributed by atoms with van der Waals surface area (Å²) < 4.78 is 0. The number of nitrogens with two attached hydrogens (primary N) is 1. The third-order valence-electron chi connectivity index (χ3n) is 1.82. The Bertz CT molecular complexity index is 369. The summed E-state index contributed by atoms with van der Waals surface area (Å²) in [5.74, 6) is -3.84. The molecule has 0 saturated heterocycles. The molecule has 0 radical (unpaired) electrons. The Hall–Kier alpha value is -2.70. The van der Waals surface area contributed by atoms with Crippen molar-refractivity contribution >= 4 is 0 Å². The molecule has 1 aliphatic rings. The number of hydrogen-bond donors (Lipinski definition) is 2. The van der Waals surface area contributed by atoms with E-state index < -0.39 is 27.1 Å². The van der Waals surface area contributed by atoms with Crippen LogP contribution >= 0.6 is 0 Å². The molecule has 0 aromatic rings. The van der Waals surface area contributed by atoms with Gasteiger partial charge in [0.1, 0.15) is 0 Å².